The number of allylic oxidation sites excluding steroid dienone is 2. The van der Waals surface area contributed by atoms with Gasteiger partial charge in [-0.2, -0.15) is 0 Å². The molecule has 0 aromatic heterocycles. The second-order valence-corrected chi connectivity index (χ2v) is 5.75. The van der Waals surface area contributed by atoms with Crippen molar-refractivity contribution in [3.8, 4) is 0 Å². The van der Waals surface area contributed by atoms with Gasteiger partial charge in [-0.25, -0.2) is 0 Å². The van der Waals surface area contributed by atoms with E-state index in [4.69, 9.17) is 0 Å². The summed E-state index contributed by atoms with van der Waals surface area (Å²) in [5.74, 6) is 0.632. The molecule has 1 N–H and O–H groups in total. The Morgan fingerprint density at radius 2 is 1.93 bits per heavy atom. The number of hydrogen-bond donors (Lipinski definition) is 1. The van der Waals surface area contributed by atoms with Gasteiger partial charge in [-0.15, -0.1) is 0 Å². The first-order valence-electron chi connectivity index (χ1n) is 5.63. The van der Waals surface area contributed by atoms with Gasteiger partial charge in [-0.1, -0.05) is 25.5 Å². The molecule has 0 aliphatic heterocycles. The summed E-state index contributed by atoms with van der Waals surface area (Å²) in [5.41, 5.74) is 0.957. The van der Waals surface area contributed by atoms with Crippen LogP contribution in [0.4, 0.5) is 0 Å². The number of hydrogen-bond acceptors (Lipinski definition) is 1. The van der Waals surface area contributed by atoms with Crippen molar-refractivity contribution in [2.75, 3.05) is 0 Å². The molecule has 1 fully saturated rings. The predicted octanol–water partition coefficient (Wildman–Crippen LogP) is 3.53. The van der Waals surface area contributed by atoms with Gasteiger partial charge in [0.25, 0.3) is 0 Å². The van der Waals surface area contributed by atoms with Gasteiger partial charge in [-0.3, -0.25) is 0 Å². The molecule has 14 heavy (non-hydrogen) atoms. The third kappa shape index (κ3) is 2.03. The second kappa shape index (κ2) is 3.69. The Kier molecular flexibility index (Phi) is 3.10. The summed E-state index contributed by atoms with van der Waals surface area (Å²) in [4.78, 5) is 0. The van der Waals surface area contributed by atoms with Crippen LogP contribution in [0.25, 0.3) is 0 Å². The molecule has 0 heterocycles. The van der Waals surface area contributed by atoms with Crippen molar-refractivity contribution in [2.45, 2.75) is 59.5 Å². The summed E-state index contributed by atoms with van der Waals surface area (Å²) in [6.07, 6.45) is 5.52. The maximum Gasteiger partial charge on any atom is 0.0673 e. The maximum atomic E-state index is 10.2. The Hall–Kier alpha value is -0.300. The van der Waals surface area contributed by atoms with Crippen LogP contribution in [-0.2, 0) is 0 Å². The van der Waals surface area contributed by atoms with Crippen molar-refractivity contribution < 1.29 is 5.11 Å². The highest BCUT2D eigenvalue weighted by Crippen LogP contribution is 2.51. The van der Waals surface area contributed by atoms with Crippen molar-refractivity contribution in [2.24, 2.45) is 11.3 Å². The Balaban J connectivity index is 2.70. The number of rotatable bonds is 2. The molecule has 0 bridgehead atoms. The van der Waals surface area contributed by atoms with Gasteiger partial charge in [0.1, 0.15) is 0 Å². The Bertz CT molecular complexity index is 232. The minimum Gasteiger partial charge on any atom is -0.390 e. The van der Waals surface area contributed by atoms with Crippen molar-refractivity contribution >= 4 is 0 Å². The zero-order chi connectivity index (χ0) is 11.0. The van der Waals surface area contributed by atoms with E-state index in [1.165, 1.54) is 5.57 Å². The predicted molar refractivity (Wildman–Crippen MR) is 61.2 cm³/mol. The lowest BCUT2D eigenvalue weighted by molar-refractivity contribution is -0.0418. The highest BCUT2D eigenvalue weighted by atomic mass is 16.3. The summed E-state index contributed by atoms with van der Waals surface area (Å²) in [7, 11) is 0. The molecule has 0 spiro atoms. The molecule has 82 valence electrons. The fourth-order valence-electron chi connectivity index (χ4n) is 2.37. The summed E-state index contributed by atoms with van der Waals surface area (Å²) < 4.78 is 0. The van der Waals surface area contributed by atoms with E-state index in [1.54, 1.807) is 0 Å². The van der Waals surface area contributed by atoms with E-state index < -0.39 is 5.60 Å². The fourth-order valence-corrected chi connectivity index (χ4v) is 2.37. The van der Waals surface area contributed by atoms with E-state index in [2.05, 4.69) is 33.8 Å². The normalized spacial score (nSPS) is 35.7. The molecule has 0 aromatic carbocycles. The van der Waals surface area contributed by atoms with E-state index in [0.29, 0.717) is 5.92 Å². The zero-order valence-electron chi connectivity index (χ0n) is 10.2. The molecular weight excluding hydrogens is 172 g/mol. The van der Waals surface area contributed by atoms with Crippen LogP contribution in [0.15, 0.2) is 11.6 Å². The molecule has 0 saturated heterocycles. The molecule has 2 atom stereocenters. The van der Waals surface area contributed by atoms with Gasteiger partial charge in [0.15, 0.2) is 0 Å². The molecule has 2 unspecified atom stereocenters. The molecule has 1 heteroatoms. The minimum atomic E-state index is -0.479. The van der Waals surface area contributed by atoms with Gasteiger partial charge in [0.05, 0.1) is 5.60 Å². The van der Waals surface area contributed by atoms with Gasteiger partial charge in [0, 0.05) is 0 Å². The van der Waals surface area contributed by atoms with Crippen LogP contribution in [-0.4, -0.2) is 10.7 Å². The summed E-state index contributed by atoms with van der Waals surface area (Å²) >= 11 is 0. The second-order valence-electron chi connectivity index (χ2n) is 5.75. The topological polar surface area (TPSA) is 20.2 Å². The van der Waals surface area contributed by atoms with E-state index in [-0.39, 0.29) is 5.41 Å². The largest absolute Gasteiger partial charge is 0.390 e. The first kappa shape index (κ1) is 11.8. The number of aliphatic hydroxyl groups is 1. The van der Waals surface area contributed by atoms with E-state index in [9.17, 15) is 5.11 Å². The Labute approximate surface area is 88.2 Å². The van der Waals surface area contributed by atoms with E-state index >= 15 is 0 Å². The Morgan fingerprint density at radius 3 is 2.29 bits per heavy atom. The molecule has 1 aliphatic carbocycles. The lowest BCUT2D eigenvalue weighted by atomic mass is 9.72. The van der Waals surface area contributed by atoms with Crippen LogP contribution in [0.5, 0.6) is 0 Å². The minimum absolute atomic E-state index is 0.0545. The average molecular weight is 196 g/mol. The van der Waals surface area contributed by atoms with Crippen LogP contribution >= 0.6 is 0 Å². The monoisotopic (exact) mass is 196 g/mol. The van der Waals surface area contributed by atoms with Crippen molar-refractivity contribution in [3.63, 3.8) is 0 Å². The van der Waals surface area contributed by atoms with Gasteiger partial charge in [0.2, 0.25) is 0 Å². The van der Waals surface area contributed by atoms with Crippen molar-refractivity contribution in [1.29, 1.82) is 0 Å². The molecule has 0 radical (unpaired) electrons. The summed E-state index contributed by atoms with van der Waals surface area (Å²) in [6, 6.07) is 0. The molecule has 0 aromatic rings. The van der Waals surface area contributed by atoms with Crippen LogP contribution in [0.1, 0.15) is 53.9 Å². The SMILES string of the molecule is CC(C)=CCC1CCC(C)(O)C1(C)C. The molecule has 0 amide bonds. The van der Waals surface area contributed by atoms with Crippen LogP contribution in [0, 0.1) is 11.3 Å². The van der Waals surface area contributed by atoms with Gasteiger partial charge >= 0.3 is 0 Å². The lowest BCUT2D eigenvalue weighted by Crippen LogP contribution is -2.39. The van der Waals surface area contributed by atoms with Crippen LogP contribution in [0.2, 0.25) is 0 Å². The van der Waals surface area contributed by atoms with Gasteiger partial charge in [-0.05, 0) is 51.4 Å². The molecular formula is C13H24O. The first-order valence-corrected chi connectivity index (χ1v) is 5.63. The lowest BCUT2D eigenvalue weighted by Gasteiger charge is -2.37. The average Bonchev–Trinajstić information content (AvgIpc) is 2.20. The van der Waals surface area contributed by atoms with Crippen molar-refractivity contribution in [1.82, 2.24) is 0 Å². The zero-order valence-corrected chi connectivity index (χ0v) is 10.2. The third-order valence-corrected chi connectivity index (χ3v) is 4.20. The quantitative estimate of drug-likeness (QED) is 0.670. The third-order valence-electron chi connectivity index (χ3n) is 4.20. The first-order chi connectivity index (χ1) is 6.27. The molecule has 1 nitrogen and oxygen atoms in total. The standard InChI is InChI=1S/C13H24O/c1-10(2)6-7-11-8-9-13(5,14)12(11,3)4/h6,11,14H,7-9H2,1-5H3. The van der Waals surface area contributed by atoms with E-state index in [0.717, 1.165) is 19.3 Å². The smallest absolute Gasteiger partial charge is 0.0673 e. The molecule has 1 rings (SSSR count). The summed E-state index contributed by atoms with van der Waals surface area (Å²) in [5, 5.41) is 10.2. The van der Waals surface area contributed by atoms with Crippen LogP contribution < -0.4 is 0 Å². The van der Waals surface area contributed by atoms with Crippen LogP contribution in [0.3, 0.4) is 0 Å². The molecule has 1 aliphatic rings. The summed E-state index contributed by atoms with van der Waals surface area (Å²) in [6.45, 7) is 10.7. The van der Waals surface area contributed by atoms with Gasteiger partial charge < -0.3 is 5.11 Å². The van der Waals surface area contributed by atoms with Crippen molar-refractivity contribution in [3.05, 3.63) is 11.6 Å². The highest BCUT2D eigenvalue weighted by Gasteiger charge is 2.49. The van der Waals surface area contributed by atoms with E-state index in [1.807, 2.05) is 6.92 Å². The Morgan fingerprint density at radius 1 is 1.36 bits per heavy atom. The fraction of sp³-hybridized carbons (Fsp3) is 0.846. The molecule has 1 saturated carbocycles. The maximum absolute atomic E-state index is 10.2. The highest BCUT2D eigenvalue weighted by molar-refractivity contribution is 5.04.